The van der Waals surface area contributed by atoms with Gasteiger partial charge in [-0.2, -0.15) is 0 Å². The van der Waals surface area contributed by atoms with E-state index in [1.165, 1.54) is 0 Å². The highest BCUT2D eigenvalue weighted by atomic mass is 32.2. The average Bonchev–Trinajstić information content (AvgIpc) is 2.75. The maximum Gasteiger partial charge on any atom is 0.313 e. The molecule has 0 aromatic rings. The smallest absolute Gasteiger partial charge is 0.313 e. The van der Waals surface area contributed by atoms with Gasteiger partial charge in [0.05, 0.1) is 17.3 Å². The monoisotopic (exact) mass is 263 g/mol. The first-order chi connectivity index (χ1) is 7.91. The minimum atomic E-state index is -3.09. The quantitative estimate of drug-likeness (QED) is 0.729. The van der Waals surface area contributed by atoms with Gasteiger partial charge in [0.15, 0.2) is 9.84 Å². The maximum atomic E-state index is 11.9. The molecule has 2 N–H and O–H groups in total. The van der Waals surface area contributed by atoms with E-state index in [1.807, 2.05) is 0 Å². The van der Waals surface area contributed by atoms with Gasteiger partial charge >= 0.3 is 5.97 Å². The molecule has 17 heavy (non-hydrogen) atoms. The first kappa shape index (κ1) is 14.4. The van der Waals surface area contributed by atoms with Gasteiger partial charge in [-0.25, -0.2) is 8.42 Å². The van der Waals surface area contributed by atoms with Gasteiger partial charge in [-0.1, -0.05) is 6.92 Å². The fourth-order valence-corrected chi connectivity index (χ4v) is 3.88. The van der Waals surface area contributed by atoms with Crippen LogP contribution in [0.3, 0.4) is 0 Å². The number of hydrogen-bond acceptors (Lipinski definition) is 5. The van der Waals surface area contributed by atoms with Gasteiger partial charge in [0.1, 0.15) is 0 Å². The van der Waals surface area contributed by atoms with E-state index >= 15 is 0 Å². The van der Waals surface area contributed by atoms with Gasteiger partial charge in [-0.3, -0.25) is 4.79 Å². The Balaban J connectivity index is 2.84. The van der Waals surface area contributed by atoms with Gasteiger partial charge in [0, 0.05) is 12.3 Å². The summed E-state index contributed by atoms with van der Waals surface area (Å²) >= 11 is 0. The number of rotatable bonds is 5. The molecule has 100 valence electrons. The number of nitrogens with two attached hydrogens (primary N) is 1. The van der Waals surface area contributed by atoms with Crippen LogP contribution in [0.25, 0.3) is 0 Å². The number of esters is 1. The zero-order chi connectivity index (χ0) is 13.1. The van der Waals surface area contributed by atoms with E-state index < -0.39 is 20.5 Å². The van der Waals surface area contributed by atoms with Crippen LogP contribution in [0.4, 0.5) is 0 Å². The summed E-state index contributed by atoms with van der Waals surface area (Å²) in [6.07, 6.45) is 1.32. The lowest BCUT2D eigenvalue weighted by Gasteiger charge is -2.24. The van der Waals surface area contributed by atoms with Crippen molar-refractivity contribution in [3.8, 4) is 0 Å². The summed E-state index contributed by atoms with van der Waals surface area (Å²) in [5.74, 6) is -0.238. The van der Waals surface area contributed by atoms with Crippen molar-refractivity contribution in [3.63, 3.8) is 0 Å². The lowest BCUT2D eigenvalue weighted by atomic mass is 9.86. The van der Waals surface area contributed by atoms with Crippen LogP contribution in [0.15, 0.2) is 0 Å². The molecule has 0 spiro atoms. The molecule has 6 heteroatoms. The van der Waals surface area contributed by atoms with Crippen molar-refractivity contribution >= 4 is 15.8 Å². The fraction of sp³-hybridized carbons (Fsp3) is 0.909. The molecule has 0 saturated heterocycles. The predicted octanol–water partition coefficient (Wildman–Crippen LogP) is 0.482. The summed E-state index contributed by atoms with van der Waals surface area (Å²) in [5, 5.41) is -0.444. The van der Waals surface area contributed by atoms with Crippen molar-refractivity contribution in [1.29, 1.82) is 0 Å². The van der Waals surface area contributed by atoms with Crippen LogP contribution < -0.4 is 5.73 Å². The second-order valence-corrected chi connectivity index (χ2v) is 7.09. The van der Waals surface area contributed by atoms with Gasteiger partial charge in [-0.05, 0) is 26.2 Å². The van der Waals surface area contributed by atoms with E-state index in [9.17, 15) is 13.2 Å². The highest BCUT2D eigenvalue weighted by Gasteiger charge is 2.48. The molecule has 1 rings (SSSR count). The second kappa shape index (κ2) is 5.35. The molecule has 0 aromatic carbocycles. The van der Waals surface area contributed by atoms with Crippen LogP contribution in [0.5, 0.6) is 0 Å². The molecule has 1 saturated carbocycles. The van der Waals surface area contributed by atoms with Crippen LogP contribution >= 0.6 is 0 Å². The molecule has 1 fully saturated rings. The molecule has 0 aliphatic heterocycles. The van der Waals surface area contributed by atoms with Crippen LogP contribution in [-0.2, 0) is 19.4 Å². The first-order valence-corrected chi connectivity index (χ1v) is 7.72. The molecule has 0 unspecified atom stereocenters. The molecular formula is C11H21NO4S. The minimum Gasteiger partial charge on any atom is -0.466 e. The Morgan fingerprint density at radius 2 is 2.12 bits per heavy atom. The molecule has 0 amide bonds. The van der Waals surface area contributed by atoms with E-state index in [1.54, 1.807) is 13.8 Å². The van der Waals surface area contributed by atoms with Crippen LogP contribution in [0.2, 0.25) is 0 Å². The summed E-state index contributed by atoms with van der Waals surface area (Å²) in [4.78, 5) is 11.9. The molecule has 1 aliphatic carbocycles. The normalized spacial score (nSPS) is 29.2. The summed E-state index contributed by atoms with van der Waals surface area (Å²) in [7, 11) is -3.09. The van der Waals surface area contributed by atoms with E-state index in [-0.39, 0.29) is 18.3 Å². The number of carbonyl (C=O) groups is 1. The van der Waals surface area contributed by atoms with Crippen LogP contribution in [-0.4, -0.2) is 38.5 Å². The molecule has 2 atom stereocenters. The number of ether oxygens (including phenoxy) is 1. The molecule has 1 aliphatic rings. The highest BCUT2D eigenvalue weighted by molar-refractivity contribution is 7.92. The van der Waals surface area contributed by atoms with E-state index in [4.69, 9.17) is 10.5 Å². The zero-order valence-corrected chi connectivity index (χ0v) is 11.3. The van der Waals surface area contributed by atoms with Crippen molar-refractivity contribution in [2.45, 2.75) is 38.4 Å². The van der Waals surface area contributed by atoms with E-state index in [0.29, 0.717) is 25.9 Å². The Hall–Kier alpha value is -0.620. The first-order valence-electron chi connectivity index (χ1n) is 6.00. The molecule has 0 heterocycles. The molecular weight excluding hydrogens is 242 g/mol. The third kappa shape index (κ3) is 2.80. The predicted molar refractivity (Wildman–Crippen MR) is 65.2 cm³/mol. The fourth-order valence-electron chi connectivity index (χ4n) is 2.36. The minimum absolute atomic E-state index is 0.112. The molecule has 5 nitrogen and oxygen atoms in total. The zero-order valence-electron chi connectivity index (χ0n) is 10.4. The SMILES string of the molecule is CCOC(=O)[C@]1(CN)CC[C@@H](S(=O)(=O)CC)C1. The van der Waals surface area contributed by atoms with Crippen molar-refractivity contribution in [2.75, 3.05) is 18.9 Å². The highest BCUT2D eigenvalue weighted by Crippen LogP contribution is 2.41. The Kier molecular flexibility index (Phi) is 4.55. The Morgan fingerprint density at radius 3 is 2.59 bits per heavy atom. The summed E-state index contributed by atoms with van der Waals surface area (Å²) in [6.45, 7) is 3.81. The third-order valence-corrected chi connectivity index (χ3v) is 5.80. The van der Waals surface area contributed by atoms with Crippen LogP contribution in [0, 0.1) is 5.41 Å². The van der Waals surface area contributed by atoms with E-state index in [2.05, 4.69) is 0 Å². The topological polar surface area (TPSA) is 86.5 Å². The maximum absolute atomic E-state index is 11.9. The van der Waals surface area contributed by atoms with E-state index in [0.717, 1.165) is 0 Å². The number of carbonyl (C=O) groups excluding carboxylic acids is 1. The second-order valence-electron chi connectivity index (χ2n) is 4.52. The summed E-state index contributed by atoms with van der Waals surface area (Å²) in [6, 6.07) is 0. The van der Waals surface area contributed by atoms with Crippen molar-refractivity contribution in [1.82, 2.24) is 0 Å². The van der Waals surface area contributed by atoms with Gasteiger partial charge < -0.3 is 10.5 Å². The van der Waals surface area contributed by atoms with Gasteiger partial charge in [0.2, 0.25) is 0 Å². The standard InChI is InChI=1S/C11H21NO4S/c1-3-16-10(13)11(8-12)6-5-9(7-11)17(14,15)4-2/h9H,3-8,12H2,1-2H3/t9-,11-/m1/s1. The number of hydrogen-bond donors (Lipinski definition) is 1. The summed E-state index contributed by atoms with van der Waals surface area (Å²) in [5.41, 5.74) is 4.86. The van der Waals surface area contributed by atoms with Crippen molar-refractivity contribution in [2.24, 2.45) is 11.1 Å². The largest absolute Gasteiger partial charge is 0.466 e. The molecule has 0 radical (unpaired) electrons. The molecule has 0 aromatic heterocycles. The Bertz CT molecular complexity index is 379. The number of sulfone groups is 1. The van der Waals surface area contributed by atoms with Crippen molar-refractivity contribution in [3.05, 3.63) is 0 Å². The third-order valence-electron chi connectivity index (χ3n) is 3.57. The Labute approximate surface area is 103 Å². The van der Waals surface area contributed by atoms with Gasteiger partial charge in [-0.15, -0.1) is 0 Å². The Morgan fingerprint density at radius 1 is 1.47 bits per heavy atom. The van der Waals surface area contributed by atoms with Crippen LogP contribution in [0.1, 0.15) is 33.1 Å². The van der Waals surface area contributed by atoms with Gasteiger partial charge in [0.25, 0.3) is 0 Å². The van der Waals surface area contributed by atoms with Crippen molar-refractivity contribution < 1.29 is 17.9 Å². The lowest BCUT2D eigenvalue weighted by Crippen LogP contribution is -2.39. The lowest BCUT2D eigenvalue weighted by molar-refractivity contribution is -0.154. The molecule has 0 bridgehead atoms. The summed E-state index contributed by atoms with van der Waals surface area (Å²) < 4.78 is 28.6. The average molecular weight is 263 g/mol.